The number of hydrogen-bond donors (Lipinski definition) is 3. The molecule has 0 bridgehead atoms. The molecule has 1 saturated heterocycles. The Hall–Kier alpha value is -1.10. The van der Waals surface area contributed by atoms with Gasteiger partial charge in [-0.3, -0.25) is 10.2 Å². The predicted molar refractivity (Wildman–Crippen MR) is 39.5 cm³/mol. The Labute approximate surface area is 64.7 Å². The molecule has 1 fully saturated rings. The van der Waals surface area contributed by atoms with E-state index in [0.29, 0.717) is 13.2 Å². The lowest BCUT2D eigenvalue weighted by Gasteiger charge is -2.23. The molecule has 0 spiro atoms. The van der Waals surface area contributed by atoms with E-state index >= 15 is 0 Å². The van der Waals surface area contributed by atoms with Gasteiger partial charge in [0.1, 0.15) is 0 Å². The summed E-state index contributed by atoms with van der Waals surface area (Å²) in [4.78, 5) is 9.00. The summed E-state index contributed by atoms with van der Waals surface area (Å²) < 4.78 is 4.78. The van der Waals surface area contributed by atoms with E-state index in [2.05, 4.69) is 0 Å². The van der Waals surface area contributed by atoms with E-state index in [-0.39, 0.29) is 11.8 Å². The molecule has 0 radical (unpaired) electrons. The topological polar surface area (TPSA) is 96.4 Å². The van der Waals surface area contributed by atoms with Crippen LogP contribution in [0.25, 0.3) is 0 Å². The van der Waals surface area contributed by atoms with Gasteiger partial charge in [-0.15, -0.1) is 0 Å². The number of aliphatic carboxylic acids is 1. The molecule has 0 atom stereocenters. The first-order chi connectivity index (χ1) is 5.04. The number of rotatable bonds is 1. The fraction of sp³-hybridized carbons (Fsp3) is 0.667. The van der Waals surface area contributed by atoms with Gasteiger partial charge in [-0.2, -0.15) is 0 Å². The van der Waals surface area contributed by atoms with E-state index in [9.17, 15) is 0 Å². The zero-order chi connectivity index (χ0) is 8.85. The summed E-state index contributed by atoms with van der Waals surface area (Å²) in [7, 11) is 0. The smallest absolute Gasteiger partial charge is 0.300 e. The lowest BCUT2D eigenvalue weighted by molar-refractivity contribution is -0.134. The highest BCUT2D eigenvalue weighted by Gasteiger charge is 2.20. The maximum Gasteiger partial charge on any atom is 0.300 e. The second kappa shape index (κ2) is 4.68. The molecule has 1 aliphatic heterocycles. The minimum Gasteiger partial charge on any atom is -0.481 e. The summed E-state index contributed by atoms with van der Waals surface area (Å²) in [6.45, 7) is 2.38. The van der Waals surface area contributed by atoms with Crippen molar-refractivity contribution in [2.45, 2.75) is 6.92 Å². The van der Waals surface area contributed by atoms with Gasteiger partial charge in [0.2, 0.25) is 0 Å². The van der Waals surface area contributed by atoms with Crippen LogP contribution in [0.2, 0.25) is 0 Å². The highest BCUT2D eigenvalue weighted by molar-refractivity contribution is 5.80. The Bertz CT molecular complexity index is 150. The Morgan fingerprint density at radius 3 is 2.09 bits per heavy atom. The first-order valence-corrected chi connectivity index (χ1v) is 3.15. The molecule has 1 heterocycles. The summed E-state index contributed by atoms with van der Waals surface area (Å²) in [6.07, 6.45) is 0. The van der Waals surface area contributed by atoms with Gasteiger partial charge < -0.3 is 15.6 Å². The standard InChI is InChI=1S/C4H8N2O.C2H4O2/c5-4(6)3-1-7-2-3;1-2(3)4/h3H,1-2H2,(H3,5,6);1H3,(H,3,4). The summed E-state index contributed by atoms with van der Waals surface area (Å²) >= 11 is 0. The zero-order valence-corrected chi connectivity index (χ0v) is 6.33. The van der Waals surface area contributed by atoms with Crippen LogP contribution in [0.4, 0.5) is 0 Å². The monoisotopic (exact) mass is 160 g/mol. The lowest BCUT2D eigenvalue weighted by atomic mass is 10.1. The van der Waals surface area contributed by atoms with Crippen molar-refractivity contribution < 1.29 is 14.6 Å². The molecular formula is C6H12N2O3. The van der Waals surface area contributed by atoms with E-state index < -0.39 is 5.97 Å². The van der Waals surface area contributed by atoms with Crippen molar-refractivity contribution in [3.8, 4) is 0 Å². The van der Waals surface area contributed by atoms with Crippen LogP contribution in [0.5, 0.6) is 0 Å². The minimum atomic E-state index is -0.833. The van der Waals surface area contributed by atoms with E-state index in [4.69, 9.17) is 25.8 Å². The highest BCUT2D eigenvalue weighted by atomic mass is 16.5. The highest BCUT2D eigenvalue weighted by Crippen LogP contribution is 2.07. The van der Waals surface area contributed by atoms with Crippen molar-refractivity contribution in [3.63, 3.8) is 0 Å². The molecule has 4 N–H and O–H groups in total. The van der Waals surface area contributed by atoms with Crippen LogP contribution in [0.1, 0.15) is 6.92 Å². The van der Waals surface area contributed by atoms with Crippen molar-refractivity contribution in [2.24, 2.45) is 11.7 Å². The summed E-state index contributed by atoms with van der Waals surface area (Å²) in [5, 5.41) is 14.3. The Kier molecular flexibility index (Phi) is 4.21. The van der Waals surface area contributed by atoms with Gasteiger partial charge in [0.25, 0.3) is 5.97 Å². The average molecular weight is 160 g/mol. The molecule has 0 amide bonds. The van der Waals surface area contributed by atoms with Crippen LogP contribution in [-0.4, -0.2) is 30.1 Å². The Morgan fingerprint density at radius 2 is 2.09 bits per heavy atom. The number of carboxylic acid groups (broad SMARTS) is 1. The molecule has 0 saturated carbocycles. The molecule has 0 aromatic heterocycles. The number of amidine groups is 1. The van der Waals surface area contributed by atoms with E-state index in [1.54, 1.807) is 0 Å². The Balaban J connectivity index is 0.000000218. The van der Waals surface area contributed by atoms with Crippen molar-refractivity contribution in [2.75, 3.05) is 13.2 Å². The number of carbonyl (C=O) groups is 1. The van der Waals surface area contributed by atoms with Gasteiger partial charge in [-0.1, -0.05) is 0 Å². The molecule has 0 aromatic carbocycles. The number of nitrogens with two attached hydrogens (primary N) is 1. The summed E-state index contributed by atoms with van der Waals surface area (Å²) in [5.41, 5.74) is 5.10. The first kappa shape index (κ1) is 9.90. The van der Waals surface area contributed by atoms with Crippen LogP contribution in [0.15, 0.2) is 0 Å². The second-order valence-electron chi connectivity index (χ2n) is 2.21. The van der Waals surface area contributed by atoms with Crippen molar-refractivity contribution in [1.82, 2.24) is 0 Å². The van der Waals surface area contributed by atoms with Crippen LogP contribution < -0.4 is 5.73 Å². The lowest BCUT2D eigenvalue weighted by Crippen LogP contribution is -2.38. The number of nitrogens with one attached hydrogen (secondary N) is 1. The maximum atomic E-state index is 9.00. The largest absolute Gasteiger partial charge is 0.481 e. The van der Waals surface area contributed by atoms with Gasteiger partial charge >= 0.3 is 0 Å². The molecule has 0 aromatic rings. The molecule has 1 aliphatic rings. The molecule has 1 rings (SSSR count). The molecule has 0 aliphatic carbocycles. The number of ether oxygens (including phenoxy) is 1. The van der Waals surface area contributed by atoms with Gasteiger partial charge in [-0.05, 0) is 0 Å². The summed E-state index contributed by atoms with van der Waals surface area (Å²) in [5.74, 6) is -0.355. The predicted octanol–water partition coefficient (Wildman–Crippen LogP) is -0.340. The quantitative estimate of drug-likeness (QED) is 0.361. The third-order valence-electron chi connectivity index (χ3n) is 1.08. The number of carboxylic acids is 1. The Morgan fingerprint density at radius 1 is 1.73 bits per heavy atom. The molecule has 5 heteroatoms. The normalized spacial score (nSPS) is 15.7. The fourth-order valence-corrected chi connectivity index (χ4v) is 0.415. The van der Waals surface area contributed by atoms with E-state index in [0.717, 1.165) is 6.92 Å². The van der Waals surface area contributed by atoms with Gasteiger partial charge in [0.15, 0.2) is 0 Å². The van der Waals surface area contributed by atoms with Crippen LogP contribution in [0.3, 0.4) is 0 Å². The van der Waals surface area contributed by atoms with Crippen LogP contribution >= 0.6 is 0 Å². The van der Waals surface area contributed by atoms with Crippen LogP contribution in [-0.2, 0) is 9.53 Å². The third kappa shape index (κ3) is 5.35. The van der Waals surface area contributed by atoms with Crippen molar-refractivity contribution >= 4 is 11.8 Å². The average Bonchev–Trinajstić information content (AvgIpc) is 1.53. The van der Waals surface area contributed by atoms with E-state index in [1.165, 1.54) is 0 Å². The number of hydrogen-bond acceptors (Lipinski definition) is 3. The van der Waals surface area contributed by atoms with E-state index in [1.807, 2.05) is 0 Å². The van der Waals surface area contributed by atoms with Crippen molar-refractivity contribution in [3.05, 3.63) is 0 Å². The van der Waals surface area contributed by atoms with Gasteiger partial charge in [-0.25, -0.2) is 0 Å². The second-order valence-corrected chi connectivity index (χ2v) is 2.21. The molecular weight excluding hydrogens is 148 g/mol. The SMILES string of the molecule is CC(=O)O.N=C(N)C1COC1. The van der Waals surface area contributed by atoms with Crippen LogP contribution in [0, 0.1) is 11.3 Å². The third-order valence-corrected chi connectivity index (χ3v) is 1.08. The van der Waals surface area contributed by atoms with Gasteiger partial charge in [0, 0.05) is 6.92 Å². The van der Waals surface area contributed by atoms with Crippen molar-refractivity contribution in [1.29, 1.82) is 5.41 Å². The molecule has 11 heavy (non-hydrogen) atoms. The fourth-order valence-electron chi connectivity index (χ4n) is 0.415. The molecule has 64 valence electrons. The zero-order valence-electron chi connectivity index (χ0n) is 6.33. The summed E-state index contributed by atoms with van der Waals surface area (Å²) in [6, 6.07) is 0. The van der Waals surface area contributed by atoms with Gasteiger partial charge in [0.05, 0.1) is 25.0 Å². The molecule has 5 nitrogen and oxygen atoms in total. The molecule has 0 unspecified atom stereocenters. The maximum absolute atomic E-state index is 9.00. The minimum absolute atomic E-state index is 0.222. The first-order valence-electron chi connectivity index (χ1n) is 3.15.